The number of hydrogen-bond donors (Lipinski definition) is 3. The van der Waals surface area contributed by atoms with Crippen molar-refractivity contribution in [2.45, 2.75) is 132 Å². The third-order valence-corrected chi connectivity index (χ3v) is 20.1. The monoisotopic (exact) mass is 1040 g/mol. The van der Waals surface area contributed by atoms with Crippen LogP contribution in [-0.2, 0) is 16.2 Å². The van der Waals surface area contributed by atoms with Crippen molar-refractivity contribution < 1.29 is 14.2 Å². The van der Waals surface area contributed by atoms with E-state index in [0.29, 0.717) is 64.1 Å². The van der Waals surface area contributed by atoms with Gasteiger partial charge in [0.15, 0.2) is 23.0 Å². The predicted octanol–water partition coefficient (Wildman–Crippen LogP) is 15.5. The lowest BCUT2D eigenvalue weighted by Gasteiger charge is -2.62. The lowest BCUT2D eigenvalue weighted by molar-refractivity contribution is -0.0205. The van der Waals surface area contributed by atoms with E-state index in [2.05, 4.69) is 72.1 Å². The van der Waals surface area contributed by atoms with Gasteiger partial charge in [0.1, 0.15) is 11.5 Å². The molecule has 12 fully saturated rings. The minimum Gasteiger partial charge on any atom is -0.454 e. The molecule has 0 aliphatic heterocycles. The van der Waals surface area contributed by atoms with E-state index in [1.54, 1.807) is 0 Å². The standard InChI is InChI=1S/C54H60Br3N3O3/c55-37-1-4-43(40(58)16-37)61-49-46(52-19-28-7-29(20-52)9-30(8-28)21-52)47(53-22-31-10-32(23-53)12-33(11-31)24-53)50(62-44-5-2-38(56)17-41(44)59)51(63-45-6-3-39(57)18-42(45)60)48(49)54-25-34-13-35(26-54)15-36(14-34)27-54/h1-6,16-18,28-36H,7-15,19-27,58-60H2. The Hall–Kier alpha value is -2.88. The highest BCUT2D eigenvalue weighted by Gasteiger charge is 2.62. The van der Waals surface area contributed by atoms with E-state index in [0.717, 1.165) is 73.4 Å². The fourth-order valence-corrected chi connectivity index (χ4v) is 19.0. The first kappa shape index (κ1) is 40.4. The molecule has 12 saturated carbocycles. The number of nitrogens with two attached hydrogens (primary N) is 3. The smallest absolute Gasteiger partial charge is 0.177 e. The van der Waals surface area contributed by atoms with Gasteiger partial charge >= 0.3 is 0 Å². The summed E-state index contributed by atoms with van der Waals surface area (Å²) < 4.78 is 26.3. The zero-order valence-corrected chi connectivity index (χ0v) is 41.0. The first-order valence-electron chi connectivity index (χ1n) is 24.3. The van der Waals surface area contributed by atoms with Crippen LogP contribution in [0.25, 0.3) is 0 Å². The number of ether oxygens (including phenoxy) is 3. The summed E-state index contributed by atoms with van der Waals surface area (Å²) in [5.74, 6) is 11.2. The molecule has 12 aliphatic carbocycles. The summed E-state index contributed by atoms with van der Waals surface area (Å²) in [5.41, 5.74) is 26.8. The van der Waals surface area contributed by atoms with Gasteiger partial charge in [-0.05, 0) is 223 Å². The van der Waals surface area contributed by atoms with Gasteiger partial charge in [0.05, 0.1) is 17.1 Å². The van der Waals surface area contributed by atoms with Crippen molar-refractivity contribution in [3.63, 3.8) is 0 Å². The Morgan fingerprint density at radius 3 is 0.873 bits per heavy atom. The van der Waals surface area contributed by atoms with Crippen molar-refractivity contribution in [3.05, 3.63) is 84.7 Å². The Kier molecular flexibility index (Phi) is 9.34. The van der Waals surface area contributed by atoms with E-state index in [9.17, 15) is 0 Å². The zero-order chi connectivity index (χ0) is 42.6. The second-order valence-electron chi connectivity index (χ2n) is 23.1. The molecule has 0 aromatic heterocycles. The summed E-state index contributed by atoms with van der Waals surface area (Å²) in [6, 6.07) is 18.4. The minimum atomic E-state index is -0.159. The maximum absolute atomic E-state index is 7.93. The number of rotatable bonds is 9. The molecule has 0 saturated heterocycles. The summed E-state index contributed by atoms with van der Waals surface area (Å²) in [4.78, 5) is 0. The van der Waals surface area contributed by atoms with Crippen molar-refractivity contribution in [1.82, 2.24) is 0 Å². The molecule has 0 amide bonds. The molecule has 6 N–H and O–H groups in total. The average Bonchev–Trinajstić information content (AvgIpc) is 3.20. The van der Waals surface area contributed by atoms with Crippen LogP contribution < -0.4 is 31.4 Å². The Morgan fingerprint density at radius 1 is 0.349 bits per heavy atom. The van der Waals surface area contributed by atoms with Gasteiger partial charge in [0.2, 0.25) is 0 Å². The lowest BCUT2D eigenvalue weighted by Crippen LogP contribution is -2.53. The van der Waals surface area contributed by atoms with Crippen LogP contribution in [0.15, 0.2) is 68.0 Å². The van der Waals surface area contributed by atoms with E-state index < -0.39 is 0 Å². The normalized spacial score (nSPS) is 37.5. The van der Waals surface area contributed by atoms with Crippen LogP contribution in [-0.4, -0.2) is 0 Å². The SMILES string of the molecule is Nc1cc(Br)ccc1Oc1c(Oc2ccc(Br)cc2N)c(C23CC4CC(CC(C4)C2)C3)c(C23CC4CC(CC(C4)C2)C3)c(Oc2ccc(Br)cc2N)c1C12CC3CC(CC(C3)C1)C2. The van der Waals surface area contributed by atoms with Gasteiger partial charge in [0.25, 0.3) is 0 Å². The highest BCUT2D eigenvalue weighted by atomic mass is 79.9. The highest BCUT2D eigenvalue weighted by Crippen LogP contribution is 2.73. The van der Waals surface area contributed by atoms with E-state index in [4.69, 9.17) is 31.4 Å². The molecule has 4 aromatic carbocycles. The van der Waals surface area contributed by atoms with Gasteiger partial charge in [-0.15, -0.1) is 0 Å². The number of hydrogen-bond acceptors (Lipinski definition) is 6. The third kappa shape index (κ3) is 6.59. The Balaban J connectivity index is 1.19. The van der Waals surface area contributed by atoms with E-state index >= 15 is 0 Å². The molecule has 0 heterocycles. The second-order valence-corrected chi connectivity index (χ2v) is 25.8. The first-order chi connectivity index (χ1) is 30.4. The van der Waals surface area contributed by atoms with E-state index in [1.165, 1.54) is 113 Å². The topological polar surface area (TPSA) is 106 Å². The van der Waals surface area contributed by atoms with E-state index in [1.807, 2.05) is 30.3 Å². The molecular formula is C54H60Br3N3O3. The maximum Gasteiger partial charge on any atom is 0.177 e. The summed E-state index contributed by atoms with van der Waals surface area (Å²) in [6.07, 6.45) is 22.7. The maximum atomic E-state index is 7.93. The van der Waals surface area contributed by atoms with Crippen molar-refractivity contribution in [2.75, 3.05) is 17.2 Å². The molecule has 12 bridgehead atoms. The van der Waals surface area contributed by atoms with Crippen molar-refractivity contribution in [1.29, 1.82) is 0 Å². The quantitative estimate of drug-likeness (QED) is 0.144. The van der Waals surface area contributed by atoms with Crippen LogP contribution in [0.5, 0.6) is 34.5 Å². The highest BCUT2D eigenvalue weighted by molar-refractivity contribution is 9.11. The van der Waals surface area contributed by atoms with Crippen molar-refractivity contribution >= 4 is 64.9 Å². The minimum absolute atomic E-state index is 0.0392. The number of nitrogen functional groups attached to an aromatic ring is 3. The van der Waals surface area contributed by atoms with E-state index in [-0.39, 0.29) is 16.2 Å². The lowest BCUT2D eigenvalue weighted by atomic mass is 9.43. The molecule has 12 aliphatic rings. The summed E-state index contributed by atoms with van der Waals surface area (Å²) in [5, 5.41) is 0. The van der Waals surface area contributed by atoms with Crippen LogP contribution in [0.3, 0.4) is 0 Å². The second kappa shape index (κ2) is 14.6. The zero-order valence-electron chi connectivity index (χ0n) is 36.2. The van der Waals surface area contributed by atoms with Crippen molar-refractivity contribution in [2.24, 2.45) is 53.3 Å². The number of benzene rings is 4. The molecule has 330 valence electrons. The van der Waals surface area contributed by atoms with Gasteiger partial charge in [-0.1, -0.05) is 47.8 Å². The molecule has 4 aromatic rings. The summed E-state index contributed by atoms with van der Waals surface area (Å²) >= 11 is 11.2. The van der Waals surface area contributed by atoms with Gasteiger partial charge < -0.3 is 31.4 Å². The summed E-state index contributed by atoms with van der Waals surface area (Å²) in [6.45, 7) is 0. The fourth-order valence-electron chi connectivity index (χ4n) is 17.9. The van der Waals surface area contributed by atoms with Gasteiger partial charge in [-0.3, -0.25) is 0 Å². The third-order valence-electron chi connectivity index (χ3n) is 18.6. The van der Waals surface area contributed by atoms with Crippen molar-refractivity contribution in [3.8, 4) is 34.5 Å². The average molecular weight is 1040 g/mol. The van der Waals surface area contributed by atoms with Gasteiger partial charge in [-0.25, -0.2) is 0 Å². The molecule has 0 spiro atoms. The molecule has 0 unspecified atom stereocenters. The molecule has 63 heavy (non-hydrogen) atoms. The Labute approximate surface area is 397 Å². The summed E-state index contributed by atoms with van der Waals surface area (Å²) in [7, 11) is 0. The van der Waals surface area contributed by atoms with Crippen LogP contribution in [0, 0.1) is 53.3 Å². The van der Waals surface area contributed by atoms with Crippen LogP contribution in [0.1, 0.15) is 132 Å². The van der Waals surface area contributed by atoms with Gasteiger partial charge in [-0.2, -0.15) is 0 Å². The molecule has 9 heteroatoms. The first-order valence-corrected chi connectivity index (χ1v) is 26.7. The van der Waals surface area contributed by atoms with Crippen LogP contribution in [0.4, 0.5) is 17.1 Å². The molecular weight excluding hydrogens is 978 g/mol. The molecule has 0 radical (unpaired) electrons. The Morgan fingerprint density at radius 2 is 0.587 bits per heavy atom. The fraction of sp³-hybridized carbons (Fsp3) is 0.556. The van der Waals surface area contributed by atoms with Gasteiger partial charge in [0, 0.05) is 46.4 Å². The Bertz CT molecular complexity index is 2450. The molecule has 0 atom stereocenters. The largest absolute Gasteiger partial charge is 0.454 e. The van der Waals surface area contributed by atoms with Crippen LogP contribution in [0.2, 0.25) is 0 Å². The predicted molar refractivity (Wildman–Crippen MR) is 262 cm³/mol. The molecule has 6 nitrogen and oxygen atoms in total. The molecule has 16 rings (SSSR count). The van der Waals surface area contributed by atoms with Crippen LogP contribution >= 0.6 is 47.8 Å². The number of anilines is 3. The number of halogens is 3.